The molecule has 0 aliphatic rings. The fourth-order valence-electron chi connectivity index (χ4n) is 1.62. The number of rotatable bonds is 4. The summed E-state index contributed by atoms with van der Waals surface area (Å²) in [4.78, 5) is 13.9. The third-order valence-corrected chi connectivity index (χ3v) is 2.54. The highest BCUT2D eigenvalue weighted by Gasteiger charge is 2.07. The van der Waals surface area contributed by atoms with Gasteiger partial charge in [0.1, 0.15) is 5.76 Å². The monoisotopic (exact) mass is 206 g/mol. The Morgan fingerprint density at radius 2 is 2.47 bits per heavy atom. The fourth-order valence-corrected chi connectivity index (χ4v) is 1.62. The van der Waals surface area contributed by atoms with Crippen LogP contribution < -0.4 is 5.69 Å². The number of aromatic nitrogens is 2. The number of nitrogens with zero attached hydrogens (tertiary/aromatic N) is 1. The highest BCUT2D eigenvalue weighted by molar-refractivity contribution is 4.98. The summed E-state index contributed by atoms with van der Waals surface area (Å²) < 4.78 is 6.93. The zero-order valence-electron chi connectivity index (χ0n) is 8.64. The molecule has 80 valence electrons. The molecule has 0 radical (unpaired) electrons. The lowest BCUT2D eigenvalue weighted by Crippen LogP contribution is -2.20. The van der Waals surface area contributed by atoms with Gasteiger partial charge in [-0.05, 0) is 25.5 Å². The van der Waals surface area contributed by atoms with Crippen molar-refractivity contribution in [2.75, 3.05) is 0 Å². The minimum absolute atomic E-state index is 0.0538. The fraction of sp³-hybridized carbons (Fsp3) is 0.364. The Balaban J connectivity index is 1.96. The first-order chi connectivity index (χ1) is 7.27. The molecule has 0 amide bonds. The first-order valence-electron chi connectivity index (χ1n) is 5.05. The Morgan fingerprint density at radius 3 is 3.07 bits per heavy atom. The minimum Gasteiger partial charge on any atom is -0.469 e. The Hall–Kier alpha value is -1.71. The van der Waals surface area contributed by atoms with E-state index in [2.05, 4.69) is 4.98 Å². The highest BCUT2D eigenvalue weighted by atomic mass is 16.3. The van der Waals surface area contributed by atoms with E-state index in [0.29, 0.717) is 0 Å². The number of nitrogens with one attached hydrogen (secondary N) is 1. The maximum absolute atomic E-state index is 11.3. The van der Waals surface area contributed by atoms with Gasteiger partial charge in [-0.15, -0.1) is 0 Å². The van der Waals surface area contributed by atoms with Crippen LogP contribution in [0.5, 0.6) is 0 Å². The predicted molar refractivity (Wildman–Crippen MR) is 56.8 cm³/mol. The third-order valence-electron chi connectivity index (χ3n) is 2.54. The molecule has 15 heavy (non-hydrogen) atoms. The van der Waals surface area contributed by atoms with Crippen LogP contribution in [0, 0.1) is 0 Å². The molecule has 0 aromatic carbocycles. The number of H-pyrrole nitrogens is 1. The summed E-state index contributed by atoms with van der Waals surface area (Å²) >= 11 is 0. The molecule has 2 aromatic heterocycles. The van der Waals surface area contributed by atoms with Crippen molar-refractivity contribution in [3.05, 3.63) is 47.0 Å². The van der Waals surface area contributed by atoms with Crippen molar-refractivity contribution in [3.63, 3.8) is 0 Å². The number of hydrogen-bond donors (Lipinski definition) is 1. The van der Waals surface area contributed by atoms with Crippen LogP contribution in [0.25, 0.3) is 0 Å². The summed E-state index contributed by atoms with van der Waals surface area (Å²) in [5.41, 5.74) is -0.0538. The summed E-state index contributed by atoms with van der Waals surface area (Å²) in [7, 11) is 0. The molecule has 0 saturated heterocycles. The Labute approximate surface area is 87.5 Å². The normalized spacial score (nSPS) is 12.9. The minimum atomic E-state index is -0.0538. The van der Waals surface area contributed by atoms with Gasteiger partial charge in [-0.2, -0.15) is 0 Å². The van der Waals surface area contributed by atoms with Gasteiger partial charge in [0, 0.05) is 24.9 Å². The first-order valence-corrected chi connectivity index (χ1v) is 5.05. The van der Waals surface area contributed by atoms with E-state index in [1.807, 2.05) is 19.1 Å². The summed E-state index contributed by atoms with van der Waals surface area (Å²) in [5, 5.41) is 0. The molecule has 2 heterocycles. The van der Waals surface area contributed by atoms with E-state index in [4.69, 9.17) is 4.42 Å². The molecular weight excluding hydrogens is 192 g/mol. The van der Waals surface area contributed by atoms with Crippen LogP contribution in [-0.2, 0) is 6.42 Å². The molecule has 0 aliphatic heterocycles. The van der Waals surface area contributed by atoms with Crippen LogP contribution in [0.1, 0.15) is 25.1 Å². The standard InChI is InChI=1S/C11H14N2O2/c1-9(13-7-6-12-11(13)14)4-5-10-3-2-8-15-10/h2-3,6-9H,4-5H2,1H3,(H,12,14). The molecule has 4 heteroatoms. The number of furan rings is 1. The van der Waals surface area contributed by atoms with Gasteiger partial charge in [0.05, 0.1) is 6.26 Å². The van der Waals surface area contributed by atoms with E-state index in [1.165, 1.54) is 0 Å². The van der Waals surface area contributed by atoms with Crippen molar-refractivity contribution in [1.82, 2.24) is 9.55 Å². The molecule has 0 aliphatic carbocycles. The molecule has 0 bridgehead atoms. The molecule has 1 unspecified atom stereocenters. The molecule has 1 atom stereocenters. The van der Waals surface area contributed by atoms with Crippen LogP contribution in [0.3, 0.4) is 0 Å². The first kappa shape index (κ1) is 9.83. The van der Waals surface area contributed by atoms with Crippen LogP contribution in [-0.4, -0.2) is 9.55 Å². The molecule has 4 nitrogen and oxygen atoms in total. The zero-order valence-corrected chi connectivity index (χ0v) is 8.64. The number of hydrogen-bond acceptors (Lipinski definition) is 2. The second kappa shape index (κ2) is 4.21. The topological polar surface area (TPSA) is 50.9 Å². The molecule has 0 spiro atoms. The number of aromatic amines is 1. The average molecular weight is 206 g/mol. The van der Waals surface area contributed by atoms with Gasteiger partial charge in [0.25, 0.3) is 0 Å². The second-order valence-electron chi connectivity index (χ2n) is 3.64. The lowest BCUT2D eigenvalue weighted by atomic mass is 10.1. The van der Waals surface area contributed by atoms with Crippen LogP contribution in [0.2, 0.25) is 0 Å². The van der Waals surface area contributed by atoms with Gasteiger partial charge in [0.2, 0.25) is 0 Å². The van der Waals surface area contributed by atoms with E-state index in [-0.39, 0.29) is 11.7 Å². The van der Waals surface area contributed by atoms with E-state index < -0.39 is 0 Å². The van der Waals surface area contributed by atoms with Crippen molar-refractivity contribution >= 4 is 0 Å². The summed E-state index contributed by atoms with van der Waals surface area (Å²) in [5.74, 6) is 0.963. The van der Waals surface area contributed by atoms with Gasteiger partial charge in [-0.1, -0.05) is 0 Å². The number of imidazole rings is 1. The van der Waals surface area contributed by atoms with Crippen molar-refractivity contribution in [3.8, 4) is 0 Å². The molecule has 0 saturated carbocycles. The smallest absolute Gasteiger partial charge is 0.325 e. The molecule has 1 N–H and O–H groups in total. The summed E-state index contributed by atoms with van der Waals surface area (Å²) in [6.07, 6.45) is 6.85. The second-order valence-corrected chi connectivity index (χ2v) is 3.64. The Bertz CT molecular complexity index is 453. The maximum Gasteiger partial charge on any atom is 0.325 e. The summed E-state index contributed by atoms with van der Waals surface area (Å²) in [6.45, 7) is 2.03. The Kier molecular flexibility index (Phi) is 2.76. The molecular formula is C11H14N2O2. The van der Waals surface area contributed by atoms with Crippen LogP contribution >= 0.6 is 0 Å². The lowest BCUT2D eigenvalue weighted by molar-refractivity contribution is 0.446. The van der Waals surface area contributed by atoms with Gasteiger partial charge < -0.3 is 9.40 Å². The Morgan fingerprint density at radius 1 is 1.60 bits per heavy atom. The van der Waals surface area contributed by atoms with E-state index >= 15 is 0 Å². The SMILES string of the molecule is CC(CCc1ccco1)n1cc[nH]c1=O. The summed E-state index contributed by atoms with van der Waals surface area (Å²) in [6, 6.07) is 4.02. The van der Waals surface area contributed by atoms with E-state index in [0.717, 1.165) is 18.6 Å². The third kappa shape index (κ3) is 2.21. The van der Waals surface area contributed by atoms with Gasteiger partial charge >= 0.3 is 5.69 Å². The number of aryl methyl sites for hydroxylation is 1. The van der Waals surface area contributed by atoms with E-state index in [1.54, 1.807) is 23.2 Å². The highest BCUT2D eigenvalue weighted by Crippen LogP contribution is 2.12. The van der Waals surface area contributed by atoms with Crippen molar-refractivity contribution in [2.24, 2.45) is 0 Å². The average Bonchev–Trinajstić information content (AvgIpc) is 2.84. The van der Waals surface area contributed by atoms with Gasteiger partial charge in [-0.25, -0.2) is 4.79 Å². The predicted octanol–water partition coefficient (Wildman–Crippen LogP) is 1.96. The van der Waals surface area contributed by atoms with Crippen molar-refractivity contribution < 1.29 is 4.42 Å². The lowest BCUT2D eigenvalue weighted by Gasteiger charge is -2.10. The van der Waals surface area contributed by atoms with Crippen LogP contribution in [0.4, 0.5) is 0 Å². The largest absolute Gasteiger partial charge is 0.469 e. The van der Waals surface area contributed by atoms with Gasteiger partial charge in [-0.3, -0.25) is 4.57 Å². The van der Waals surface area contributed by atoms with Gasteiger partial charge in [0.15, 0.2) is 0 Å². The van der Waals surface area contributed by atoms with Crippen LogP contribution in [0.15, 0.2) is 40.0 Å². The molecule has 2 aromatic rings. The van der Waals surface area contributed by atoms with Crippen molar-refractivity contribution in [2.45, 2.75) is 25.8 Å². The molecule has 0 fully saturated rings. The zero-order chi connectivity index (χ0) is 10.7. The van der Waals surface area contributed by atoms with Crippen molar-refractivity contribution in [1.29, 1.82) is 0 Å². The molecule has 2 rings (SSSR count). The maximum atomic E-state index is 11.3. The van der Waals surface area contributed by atoms with E-state index in [9.17, 15) is 4.79 Å². The quantitative estimate of drug-likeness (QED) is 0.831.